The minimum absolute atomic E-state index is 0.123. The summed E-state index contributed by atoms with van der Waals surface area (Å²) in [6.45, 7) is 5.18. The third-order valence-corrected chi connectivity index (χ3v) is 3.88. The Balaban J connectivity index is 2.21. The molecule has 1 aliphatic rings. The van der Waals surface area contributed by atoms with E-state index in [1.807, 2.05) is 18.7 Å². The molecule has 1 rings (SSSR count). The normalized spacial score (nSPS) is 19.0. The van der Waals surface area contributed by atoms with E-state index in [4.69, 9.17) is 5.73 Å². The average Bonchev–Trinajstić information content (AvgIpc) is 2.67. The van der Waals surface area contributed by atoms with Gasteiger partial charge in [-0.2, -0.15) is 0 Å². The Hall–Kier alpha value is -1.24. The fourth-order valence-corrected chi connectivity index (χ4v) is 2.59. The fourth-order valence-electron chi connectivity index (χ4n) is 2.00. The Bertz CT molecular complexity index is 360. The summed E-state index contributed by atoms with van der Waals surface area (Å²) in [6.07, 6.45) is 0.493. The van der Waals surface area contributed by atoms with Crippen LogP contribution in [0, 0.1) is 5.92 Å². The number of primary amides is 1. The first-order chi connectivity index (χ1) is 8.90. The predicted molar refractivity (Wildman–Crippen MR) is 74.5 cm³/mol. The van der Waals surface area contributed by atoms with E-state index in [0.29, 0.717) is 19.5 Å². The minimum Gasteiger partial charge on any atom is -0.369 e. The van der Waals surface area contributed by atoms with Crippen molar-refractivity contribution in [1.82, 2.24) is 10.2 Å². The van der Waals surface area contributed by atoms with Crippen LogP contribution >= 0.6 is 11.8 Å². The van der Waals surface area contributed by atoms with E-state index >= 15 is 0 Å². The van der Waals surface area contributed by atoms with Crippen LogP contribution in [-0.2, 0) is 14.4 Å². The van der Waals surface area contributed by atoms with Crippen LogP contribution in [0.4, 0.5) is 0 Å². The Kier molecular flexibility index (Phi) is 6.14. The molecule has 0 unspecified atom stereocenters. The Morgan fingerprint density at radius 2 is 2.16 bits per heavy atom. The predicted octanol–water partition coefficient (Wildman–Crippen LogP) is -0.422. The highest BCUT2D eigenvalue weighted by atomic mass is 32.2. The van der Waals surface area contributed by atoms with Gasteiger partial charge in [-0.1, -0.05) is 0 Å². The van der Waals surface area contributed by atoms with E-state index in [9.17, 15) is 14.4 Å². The van der Waals surface area contributed by atoms with Crippen LogP contribution in [0.5, 0.6) is 0 Å². The van der Waals surface area contributed by atoms with Gasteiger partial charge in [-0.3, -0.25) is 14.4 Å². The summed E-state index contributed by atoms with van der Waals surface area (Å²) < 4.78 is 0. The number of nitrogens with zero attached hydrogens (tertiary/aromatic N) is 1. The first-order valence-corrected chi connectivity index (χ1v) is 7.47. The summed E-state index contributed by atoms with van der Waals surface area (Å²) in [6, 6.07) is 0.208. The Morgan fingerprint density at radius 1 is 1.47 bits per heavy atom. The second-order valence-corrected chi connectivity index (χ2v) is 5.96. The zero-order valence-electron chi connectivity index (χ0n) is 11.3. The standard InChI is InChI=1S/C12H21N3O3S/c1-8(2)15-5-9(3-12(15)18)4-14-11(17)7-19-6-10(13)16/h8-9H,3-7H2,1-2H3,(H2,13,16)(H,14,17)/t9-/m1/s1. The first kappa shape index (κ1) is 15.8. The molecule has 3 amide bonds. The van der Waals surface area contributed by atoms with Gasteiger partial charge in [0.2, 0.25) is 17.7 Å². The van der Waals surface area contributed by atoms with Crippen molar-refractivity contribution in [3.05, 3.63) is 0 Å². The second kappa shape index (κ2) is 7.37. The number of thioether (sulfide) groups is 1. The summed E-state index contributed by atoms with van der Waals surface area (Å²) in [7, 11) is 0. The van der Waals surface area contributed by atoms with Crippen molar-refractivity contribution < 1.29 is 14.4 Å². The molecule has 7 heteroatoms. The zero-order chi connectivity index (χ0) is 14.4. The van der Waals surface area contributed by atoms with Crippen molar-refractivity contribution >= 4 is 29.5 Å². The molecule has 0 aromatic rings. The number of carbonyl (C=O) groups excluding carboxylic acids is 3. The lowest BCUT2D eigenvalue weighted by molar-refractivity contribution is -0.129. The molecule has 3 N–H and O–H groups in total. The van der Waals surface area contributed by atoms with E-state index in [1.54, 1.807) is 0 Å². The SMILES string of the molecule is CC(C)N1C[C@@H](CNC(=O)CSCC(N)=O)CC1=O. The molecule has 1 saturated heterocycles. The quantitative estimate of drug-likeness (QED) is 0.665. The van der Waals surface area contributed by atoms with Crippen molar-refractivity contribution in [3.63, 3.8) is 0 Å². The van der Waals surface area contributed by atoms with Gasteiger partial charge in [0.05, 0.1) is 11.5 Å². The van der Waals surface area contributed by atoms with E-state index in [2.05, 4.69) is 5.32 Å². The van der Waals surface area contributed by atoms with Gasteiger partial charge in [-0.15, -0.1) is 11.8 Å². The molecule has 0 spiro atoms. The number of hydrogen-bond donors (Lipinski definition) is 2. The van der Waals surface area contributed by atoms with Crippen LogP contribution in [0.15, 0.2) is 0 Å². The number of rotatable bonds is 7. The third-order valence-electron chi connectivity index (χ3n) is 2.93. The van der Waals surface area contributed by atoms with Gasteiger partial charge < -0.3 is 16.0 Å². The van der Waals surface area contributed by atoms with Gasteiger partial charge >= 0.3 is 0 Å². The summed E-state index contributed by atoms with van der Waals surface area (Å²) in [5.74, 6) is 0.152. The van der Waals surface area contributed by atoms with E-state index in [-0.39, 0.29) is 35.3 Å². The molecule has 108 valence electrons. The fraction of sp³-hybridized carbons (Fsp3) is 0.750. The monoisotopic (exact) mass is 287 g/mol. The molecule has 19 heavy (non-hydrogen) atoms. The molecular formula is C12H21N3O3S. The van der Waals surface area contributed by atoms with E-state index < -0.39 is 5.91 Å². The van der Waals surface area contributed by atoms with Gasteiger partial charge in [0.25, 0.3) is 0 Å². The summed E-state index contributed by atoms with van der Waals surface area (Å²) in [4.78, 5) is 35.5. The maximum Gasteiger partial charge on any atom is 0.230 e. The number of nitrogens with two attached hydrogens (primary N) is 1. The lowest BCUT2D eigenvalue weighted by Crippen LogP contribution is -2.34. The van der Waals surface area contributed by atoms with Gasteiger partial charge in [0.15, 0.2) is 0 Å². The van der Waals surface area contributed by atoms with Gasteiger partial charge in [-0.05, 0) is 13.8 Å². The zero-order valence-corrected chi connectivity index (χ0v) is 12.2. The summed E-state index contributed by atoms with van der Waals surface area (Å²) in [5, 5.41) is 2.79. The summed E-state index contributed by atoms with van der Waals surface area (Å²) >= 11 is 1.19. The molecular weight excluding hydrogens is 266 g/mol. The maximum atomic E-state index is 11.7. The number of carbonyl (C=O) groups is 3. The average molecular weight is 287 g/mol. The van der Waals surface area contributed by atoms with Crippen LogP contribution in [-0.4, -0.2) is 53.3 Å². The lowest BCUT2D eigenvalue weighted by Gasteiger charge is -2.21. The molecule has 1 heterocycles. The molecule has 0 aromatic carbocycles. The minimum atomic E-state index is -0.424. The van der Waals surface area contributed by atoms with Gasteiger partial charge in [0, 0.05) is 31.5 Å². The summed E-state index contributed by atoms with van der Waals surface area (Å²) in [5.41, 5.74) is 4.98. The van der Waals surface area contributed by atoms with Crippen LogP contribution in [0.3, 0.4) is 0 Å². The Morgan fingerprint density at radius 3 is 2.68 bits per heavy atom. The highest BCUT2D eigenvalue weighted by Gasteiger charge is 2.30. The van der Waals surface area contributed by atoms with Crippen molar-refractivity contribution in [1.29, 1.82) is 0 Å². The van der Waals surface area contributed by atoms with Gasteiger partial charge in [-0.25, -0.2) is 0 Å². The van der Waals surface area contributed by atoms with Crippen LogP contribution in [0.25, 0.3) is 0 Å². The first-order valence-electron chi connectivity index (χ1n) is 6.32. The second-order valence-electron chi connectivity index (χ2n) is 4.97. The van der Waals surface area contributed by atoms with Crippen LogP contribution in [0.2, 0.25) is 0 Å². The van der Waals surface area contributed by atoms with Crippen LogP contribution < -0.4 is 11.1 Å². The highest BCUT2D eigenvalue weighted by molar-refractivity contribution is 8.00. The number of likely N-dealkylation sites (tertiary alicyclic amines) is 1. The lowest BCUT2D eigenvalue weighted by atomic mass is 10.1. The smallest absolute Gasteiger partial charge is 0.230 e. The molecule has 0 saturated carbocycles. The maximum absolute atomic E-state index is 11.7. The van der Waals surface area contributed by atoms with E-state index in [0.717, 1.165) is 0 Å². The molecule has 1 aliphatic heterocycles. The molecule has 1 atom stereocenters. The van der Waals surface area contributed by atoms with Crippen molar-refractivity contribution in [2.45, 2.75) is 26.3 Å². The number of nitrogens with one attached hydrogen (secondary N) is 1. The Labute approximate surface area is 117 Å². The largest absolute Gasteiger partial charge is 0.369 e. The molecule has 0 aliphatic carbocycles. The molecule has 0 radical (unpaired) electrons. The molecule has 0 bridgehead atoms. The topological polar surface area (TPSA) is 92.5 Å². The molecule has 1 fully saturated rings. The van der Waals surface area contributed by atoms with Crippen molar-refractivity contribution in [2.24, 2.45) is 11.7 Å². The third kappa shape index (κ3) is 5.50. The number of amides is 3. The van der Waals surface area contributed by atoms with Gasteiger partial charge in [0.1, 0.15) is 0 Å². The highest BCUT2D eigenvalue weighted by Crippen LogP contribution is 2.19. The molecule has 6 nitrogen and oxygen atoms in total. The molecule has 0 aromatic heterocycles. The number of hydrogen-bond acceptors (Lipinski definition) is 4. The van der Waals surface area contributed by atoms with Crippen LogP contribution in [0.1, 0.15) is 20.3 Å². The van der Waals surface area contributed by atoms with E-state index in [1.165, 1.54) is 11.8 Å². The van der Waals surface area contributed by atoms with Crippen molar-refractivity contribution in [2.75, 3.05) is 24.6 Å². The van der Waals surface area contributed by atoms with Crippen molar-refractivity contribution in [3.8, 4) is 0 Å².